The zero-order chi connectivity index (χ0) is 24.7. The van der Waals surface area contributed by atoms with Gasteiger partial charge in [-0.3, -0.25) is 14.3 Å². The Labute approximate surface area is 187 Å². The van der Waals surface area contributed by atoms with Gasteiger partial charge in [0, 0.05) is 35.4 Å². The van der Waals surface area contributed by atoms with Gasteiger partial charge in [0.15, 0.2) is 6.61 Å². The Kier molecular flexibility index (Phi) is 6.31. The lowest BCUT2D eigenvalue weighted by Gasteiger charge is -2.13. The van der Waals surface area contributed by atoms with Crippen LogP contribution in [-0.2, 0) is 22.8 Å². The Morgan fingerprint density at radius 1 is 1.03 bits per heavy atom. The third-order valence-corrected chi connectivity index (χ3v) is 5.42. The summed E-state index contributed by atoms with van der Waals surface area (Å²) in [7, 11) is 1.63. The summed E-state index contributed by atoms with van der Waals surface area (Å²) >= 11 is 0. The Hall–Kier alpha value is -3.69. The predicted molar refractivity (Wildman–Crippen MR) is 113 cm³/mol. The van der Waals surface area contributed by atoms with Crippen molar-refractivity contribution in [1.29, 1.82) is 0 Å². The molecule has 0 amide bonds. The summed E-state index contributed by atoms with van der Waals surface area (Å²) in [5.74, 6) is -2.67. The Morgan fingerprint density at radius 3 is 2.27 bits per heavy atom. The third-order valence-electron chi connectivity index (χ3n) is 5.42. The second kappa shape index (κ2) is 8.68. The third kappa shape index (κ3) is 4.59. The van der Waals surface area contributed by atoms with Gasteiger partial charge in [-0.05, 0) is 52.0 Å². The first-order chi connectivity index (χ1) is 15.3. The molecule has 0 radical (unpaired) electrons. The van der Waals surface area contributed by atoms with Crippen LogP contribution in [-0.4, -0.2) is 38.5 Å². The molecule has 10 heteroatoms. The summed E-state index contributed by atoms with van der Waals surface area (Å²) in [5.41, 5.74) is 1.51. The van der Waals surface area contributed by atoms with Crippen molar-refractivity contribution in [1.82, 2.24) is 14.3 Å². The van der Waals surface area contributed by atoms with Gasteiger partial charge in [-0.25, -0.2) is 4.79 Å². The summed E-state index contributed by atoms with van der Waals surface area (Å²) in [5, 5.41) is 4.08. The van der Waals surface area contributed by atoms with Gasteiger partial charge in [0.25, 0.3) is 5.78 Å². The molecule has 0 atom stereocenters. The van der Waals surface area contributed by atoms with Gasteiger partial charge < -0.3 is 9.30 Å². The van der Waals surface area contributed by atoms with Crippen molar-refractivity contribution >= 4 is 17.5 Å². The molecule has 2 heterocycles. The van der Waals surface area contributed by atoms with Gasteiger partial charge in [-0.2, -0.15) is 18.3 Å². The highest BCUT2D eigenvalue weighted by Gasteiger charge is 2.31. The highest BCUT2D eigenvalue weighted by molar-refractivity contribution is 6.41. The van der Waals surface area contributed by atoms with Crippen LogP contribution in [0, 0.1) is 27.7 Å². The second-order valence-corrected chi connectivity index (χ2v) is 7.67. The monoisotopic (exact) mass is 461 g/mol. The normalized spacial score (nSPS) is 11.5. The molecule has 0 saturated carbocycles. The molecule has 0 saturated heterocycles. The average molecular weight is 461 g/mol. The lowest BCUT2D eigenvalue weighted by Crippen LogP contribution is -2.22. The number of ether oxygens (including phenoxy) is 1. The van der Waals surface area contributed by atoms with Crippen LogP contribution in [0.5, 0.6) is 0 Å². The molecule has 0 aliphatic carbocycles. The molecule has 0 aliphatic heterocycles. The molecule has 0 aliphatic rings. The predicted octanol–water partition coefficient (Wildman–Crippen LogP) is 4.07. The van der Waals surface area contributed by atoms with Crippen LogP contribution >= 0.6 is 0 Å². The number of carbonyl (C=O) groups is 3. The van der Waals surface area contributed by atoms with Crippen molar-refractivity contribution in [3.63, 3.8) is 0 Å². The summed E-state index contributed by atoms with van der Waals surface area (Å²) in [4.78, 5) is 37.4. The number of nitrogens with zero attached hydrogens (tertiary/aromatic N) is 3. The van der Waals surface area contributed by atoms with E-state index in [0.717, 1.165) is 12.1 Å². The zero-order valence-electron chi connectivity index (χ0n) is 18.7. The number of esters is 1. The minimum atomic E-state index is -4.50. The van der Waals surface area contributed by atoms with Crippen LogP contribution in [0.15, 0.2) is 30.3 Å². The van der Waals surface area contributed by atoms with E-state index in [4.69, 9.17) is 4.74 Å². The van der Waals surface area contributed by atoms with E-state index in [2.05, 4.69) is 5.10 Å². The fourth-order valence-electron chi connectivity index (χ4n) is 3.74. The number of hydrogen-bond acceptors (Lipinski definition) is 5. The number of Topliss-reactive ketones (excluding diaryl/α,β-unsaturated/α-hetero) is 2. The maximum atomic E-state index is 13.1. The van der Waals surface area contributed by atoms with Crippen molar-refractivity contribution in [2.24, 2.45) is 7.05 Å². The number of ketones is 2. The van der Waals surface area contributed by atoms with Crippen molar-refractivity contribution in [3.05, 3.63) is 69.8 Å². The number of aromatic nitrogens is 3. The van der Waals surface area contributed by atoms with E-state index in [1.165, 1.54) is 27.4 Å². The topological polar surface area (TPSA) is 83.2 Å². The number of carbonyl (C=O) groups excluding carboxylic acids is 3. The van der Waals surface area contributed by atoms with Gasteiger partial charge >= 0.3 is 12.1 Å². The first-order valence-corrected chi connectivity index (χ1v) is 9.94. The maximum Gasteiger partial charge on any atom is 0.416 e. The molecule has 3 aromatic rings. The Morgan fingerprint density at radius 2 is 1.70 bits per heavy atom. The quantitative estimate of drug-likeness (QED) is 0.314. The second-order valence-electron chi connectivity index (χ2n) is 7.67. The first-order valence-electron chi connectivity index (χ1n) is 9.94. The molecular formula is C23H22F3N3O4. The zero-order valence-corrected chi connectivity index (χ0v) is 18.7. The molecule has 1 aromatic carbocycles. The fourth-order valence-corrected chi connectivity index (χ4v) is 3.74. The first kappa shape index (κ1) is 24.0. The highest BCUT2D eigenvalue weighted by atomic mass is 19.4. The molecule has 0 N–H and O–H groups in total. The molecule has 33 heavy (non-hydrogen) atoms. The number of hydrogen-bond donors (Lipinski definition) is 0. The Bertz CT molecular complexity index is 1270. The van der Waals surface area contributed by atoms with Gasteiger partial charge in [0.2, 0.25) is 5.78 Å². The minimum Gasteiger partial charge on any atom is -0.451 e. The number of halogens is 3. The van der Waals surface area contributed by atoms with Crippen LogP contribution in [0.2, 0.25) is 0 Å². The molecule has 7 nitrogen and oxygen atoms in total. The van der Waals surface area contributed by atoms with Crippen LogP contribution in [0.25, 0.3) is 5.69 Å². The lowest BCUT2D eigenvalue weighted by molar-refractivity contribution is -0.138. The van der Waals surface area contributed by atoms with Crippen LogP contribution in [0.3, 0.4) is 0 Å². The van der Waals surface area contributed by atoms with Gasteiger partial charge in [0.05, 0.1) is 16.8 Å². The van der Waals surface area contributed by atoms with E-state index in [-0.39, 0.29) is 16.8 Å². The molecule has 2 aromatic heterocycles. The molecule has 0 bridgehead atoms. The number of rotatable bonds is 6. The molecule has 0 unspecified atom stereocenters. The number of alkyl halides is 3. The summed E-state index contributed by atoms with van der Waals surface area (Å²) < 4.78 is 47.2. The van der Waals surface area contributed by atoms with Crippen LogP contribution < -0.4 is 0 Å². The fraction of sp³-hybridized carbons (Fsp3) is 0.304. The van der Waals surface area contributed by atoms with Gasteiger partial charge in [-0.15, -0.1) is 0 Å². The summed E-state index contributed by atoms with van der Waals surface area (Å²) in [6.07, 6.45) is -4.50. The van der Waals surface area contributed by atoms with E-state index in [1.807, 2.05) is 0 Å². The molecule has 0 fully saturated rings. The SMILES string of the molecule is Cc1nn(C)c(C)c1C(=O)C(=O)OCC(=O)c1cc(C)n(-c2cccc(C(F)(F)F)c2)c1C. The molecule has 0 spiro atoms. The number of benzene rings is 1. The van der Waals surface area contributed by atoms with E-state index < -0.39 is 35.9 Å². The summed E-state index contributed by atoms with van der Waals surface area (Å²) in [6.45, 7) is 5.76. The molecular weight excluding hydrogens is 439 g/mol. The van der Waals surface area contributed by atoms with Crippen LogP contribution in [0.1, 0.15) is 49.1 Å². The Balaban J connectivity index is 1.79. The van der Waals surface area contributed by atoms with Crippen molar-refractivity contribution in [3.8, 4) is 5.69 Å². The highest BCUT2D eigenvalue weighted by Crippen LogP contribution is 2.31. The average Bonchev–Trinajstić information content (AvgIpc) is 3.18. The smallest absolute Gasteiger partial charge is 0.416 e. The lowest BCUT2D eigenvalue weighted by atomic mass is 10.1. The van der Waals surface area contributed by atoms with Crippen molar-refractivity contribution < 1.29 is 32.3 Å². The van der Waals surface area contributed by atoms with E-state index in [1.54, 1.807) is 34.7 Å². The van der Waals surface area contributed by atoms with Crippen molar-refractivity contribution in [2.45, 2.75) is 33.9 Å². The molecule has 174 valence electrons. The number of aryl methyl sites for hydroxylation is 3. The molecule has 3 rings (SSSR count). The summed E-state index contributed by atoms with van der Waals surface area (Å²) in [6, 6.07) is 6.25. The van der Waals surface area contributed by atoms with E-state index in [0.29, 0.717) is 22.8 Å². The van der Waals surface area contributed by atoms with E-state index in [9.17, 15) is 27.6 Å². The van der Waals surface area contributed by atoms with Crippen molar-refractivity contribution in [2.75, 3.05) is 6.61 Å². The minimum absolute atomic E-state index is 0.123. The maximum absolute atomic E-state index is 13.1. The van der Waals surface area contributed by atoms with Gasteiger partial charge in [-0.1, -0.05) is 6.07 Å². The van der Waals surface area contributed by atoms with Gasteiger partial charge in [0.1, 0.15) is 0 Å². The standard InChI is InChI=1S/C23H22F3N3O4/c1-12-9-18(14(3)29(12)17-8-6-7-16(10-17)23(24,25)26)19(30)11-33-22(32)21(31)20-13(2)27-28(5)15(20)4/h6-10H,11H2,1-5H3. The van der Waals surface area contributed by atoms with E-state index >= 15 is 0 Å². The largest absolute Gasteiger partial charge is 0.451 e. The van der Waals surface area contributed by atoms with Crippen LogP contribution in [0.4, 0.5) is 13.2 Å².